The molecule has 0 unspecified atom stereocenters. The van der Waals surface area contributed by atoms with E-state index in [4.69, 9.17) is 14.2 Å². The van der Waals surface area contributed by atoms with E-state index in [2.05, 4.69) is 17.1 Å². The fourth-order valence-corrected chi connectivity index (χ4v) is 3.30. The van der Waals surface area contributed by atoms with E-state index in [0.29, 0.717) is 12.3 Å². The molecule has 6 nitrogen and oxygen atoms in total. The van der Waals surface area contributed by atoms with Crippen LogP contribution in [0.4, 0.5) is 0 Å². The van der Waals surface area contributed by atoms with Crippen LogP contribution in [0.15, 0.2) is 42.5 Å². The Labute approximate surface area is 172 Å². The van der Waals surface area contributed by atoms with E-state index in [-0.39, 0.29) is 18.6 Å². The van der Waals surface area contributed by atoms with E-state index >= 15 is 0 Å². The van der Waals surface area contributed by atoms with Crippen molar-refractivity contribution in [3.63, 3.8) is 0 Å². The third-order valence-corrected chi connectivity index (χ3v) is 5.01. The van der Waals surface area contributed by atoms with Crippen LogP contribution in [0.3, 0.4) is 0 Å². The minimum absolute atomic E-state index is 0.0176. The van der Waals surface area contributed by atoms with Crippen molar-refractivity contribution in [2.75, 3.05) is 33.4 Å². The molecule has 0 aromatic heterocycles. The molecule has 0 radical (unpaired) electrons. The summed E-state index contributed by atoms with van der Waals surface area (Å²) >= 11 is 0. The summed E-state index contributed by atoms with van der Waals surface area (Å²) in [6, 6.07) is 13.6. The molecular formula is C23H30N2O4. The quantitative estimate of drug-likeness (QED) is 0.740. The van der Waals surface area contributed by atoms with Crippen molar-refractivity contribution in [2.24, 2.45) is 0 Å². The molecule has 156 valence electrons. The molecule has 2 aromatic rings. The second-order valence-electron chi connectivity index (χ2n) is 7.31. The highest BCUT2D eigenvalue weighted by Crippen LogP contribution is 2.29. The van der Waals surface area contributed by atoms with E-state index in [9.17, 15) is 4.79 Å². The fourth-order valence-electron chi connectivity index (χ4n) is 3.30. The van der Waals surface area contributed by atoms with Crippen LogP contribution in [0.2, 0.25) is 0 Å². The highest BCUT2D eigenvalue weighted by atomic mass is 16.5. The topological polar surface area (TPSA) is 60.0 Å². The first-order chi connectivity index (χ1) is 14.1. The maximum Gasteiger partial charge on any atom is 0.257 e. The molecule has 1 heterocycles. The average molecular weight is 399 g/mol. The van der Waals surface area contributed by atoms with E-state index < -0.39 is 0 Å². The molecule has 3 rings (SSSR count). The van der Waals surface area contributed by atoms with Crippen molar-refractivity contribution < 1.29 is 19.0 Å². The Kier molecular flexibility index (Phi) is 7.36. The van der Waals surface area contributed by atoms with Crippen molar-refractivity contribution in [3.8, 4) is 17.2 Å². The zero-order chi connectivity index (χ0) is 20.6. The minimum atomic E-state index is -0.120. The first kappa shape index (κ1) is 21.0. The number of hydrogen-bond donors (Lipinski definition) is 1. The number of nitrogens with zero attached hydrogens (tertiary/aromatic N) is 1. The van der Waals surface area contributed by atoms with Gasteiger partial charge in [0.2, 0.25) is 0 Å². The Hall–Kier alpha value is -2.73. The summed E-state index contributed by atoms with van der Waals surface area (Å²) in [5.41, 5.74) is 2.27. The summed E-state index contributed by atoms with van der Waals surface area (Å²) < 4.78 is 17.0. The van der Waals surface area contributed by atoms with Crippen LogP contribution in [0.25, 0.3) is 0 Å². The van der Waals surface area contributed by atoms with Crippen molar-refractivity contribution in [1.29, 1.82) is 0 Å². The zero-order valence-electron chi connectivity index (χ0n) is 17.4. The van der Waals surface area contributed by atoms with Crippen molar-refractivity contribution >= 4 is 5.91 Å². The molecule has 0 bridgehead atoms. The number of nitrogens with one attached hydrogen (secondary N) is 1. The Balaban J connectivity index is 1.49. The van der Waals surface area contributed by atoms with Gasteiger partial charge in [-0.05, 0) is 43.7 Å². The molecule has 1 aliphatic heterocycles. The number of amides is 1. The molecule has 0 aliphatic carbocycles. The lowest BCUT2D eigenvalue weighted by molar-refractivity contribution is -0.123. The minimum Gasteiger partial charge on any atom is -0.497 e. The maximum atomic E-state index is 12.1. The standard InChI is InChI=1S/C23H30N2O4/c1-4-19-15-25(14-18-13-21(27-3)9-10-22(18)29-19)12-11-24-23(26)16-28-20-7-5-17(2)6-8-20/h5-10,13,19H,4,11-12,14-16H2,1-3H3,(H,24,26)/t19-/m1/s1. The van der Waals surface area contributed by atoms with Crippen molar-refractivity contribution in [3.05, 3.63) is 53.6 Å². The molecule has 1 aliphatic rings. The lowest BCUT2D eigenvalue weighted by Crippen LogP contribution is -2.39. The fraction of sp³-hybridized carbons (Fsp3) is 0.435. The summed E-state index contributed by atoms with van der Waals surface area (Å²) in [6.45, 7) is 7.05. The molecular weight excluding hydrogens is 368 g/mol. The first-order valence-electron chi connectivity index (χ1n) is 10.1. The number of fused-ring (bicyclic) bond motifs is 1. The van der Waals surface area contributed by atoms with Gasteiger partial charge >= 0.3 is 0 Å². The Morgan fingerprint density at radius 3 is 2.69 bits per heavy atom. The normalized spacial score (nSPS) is 16.3. The van der Waals surface area contributed by atoms with Gasteiger partial charge < -0.3 is 19.5 Å². The van der Waals surface area contributed by atoms with Gasteiger partial charge in [-0.15, -0.1) is 0 Å². The van der Waals surface area contributed by atoms with Crippen LogP contribution < -0.4 is 19.5 Å². The van der Waals surface area contributed by atoms with E-state index in [1.165, 1.54) is 0 Å². The molecule has 1 atom stereocenters. The van der Waals surface area contributed by atoms with Gasteiger partial charge in [-0.2, -0.15) is 0 Å². The van der Waals surface area contributed by atoms with Gasteiger partial charge in [0, 0.05) is 31.7 Å². The molecule has 1 amide bonds. The van der Waals surface area contributed by atoms with Gasteiger partial charge in [-0.3, -0.25) is 9.69 Å². The third kappa shape index (κ3) is 6.12. The lowest BCUT2D eigenvalue weighted by atomic mass is 10.2. The number of aryl methyl sites for hydroxylation is 1. The highest BCUT2D eigenvalue weighted by Gasteiger charge is 2.22. The molecule has 6 heteroatoms. The van der Waals surface area contributed by atoms with E-state index in [1.54, 1.807) is 7.11 Å². The van der Waals surface area contributed by atoms with Gasteiger partial charge in [0.1, 0.15) is 23.4 Å². The summed E-state index contributed by atoms with van der Waals surface area (Å²) in [4.78, 5) is 14.4. The average Bonchev–Trinajstić information content (AvgIpc) is 2.91. The Morgan fingerprint density at radius 1 is 1.21 bits per heavy atom. The summed E-state index contributed by atoms with van der Waals surface area (Å²) in [5.74, 6) is 2.32. The Bertz CT molecular complexity index is 807. The molecule has 2 aromatic carbocycles. The molecule has 29 heavy (non-hydrogen) atoms. The monoisotopic (exact) mass is 398 g/mol. The molecule has 1 N–H and O–H groups in total. The number of rotatable bonds is 8. The summed E-state index contributed by atoms with van der Waals surface area (Å²) in [7, 11) is 1.67. The van der Waals surface area contributed by atoms with Gasteiger partial charge in [-0.25, -0.2) is 0 Å². The number of methoxy groups -OCH3 is 1. The van der Waals surface area contributed by atoms with Gasteiger partial charge in [0.25, 0.3) is 5.91 Å². The number of hydrogen-bond acceptors (Lipinski definition) is 5. The largest absolute Gasteiger partial charge is 0.497 e. The zero-order valence-corrected chi connectivity index (χ0v) is 17.4. The Morgan fingerprint density at radius 2 is 1.97 bits per heavy atom. The first-order valence-corrected chi connectivity index (χ1v) is 10.1. The summed E-state index contributed by atoms with van der Waals surface area (Å²) in [5, 5.41) is 2.94. The van der Waals surface area contributed by atoms with E-state index in [1.807, 2.05) is 49.4 Å². The van der Waals surface area contributed by atoms with Crippen molar-refractivity contribution in [2.45, 2.75) is 32.9 Å². The molecule has 0 spiro atoms. The predicted octanol–water partition coefficient (Wildman–Crippen LogP) is 3.17. The van der Waals surface area contributed by atoms with Gasteiger partial charge in [-0.1, -0.05) is 24.6 Å². The highest BCUT2D eigenvalue weighted by molar-refractivity contribution is 5.77. The van der Waals surface area contributed by atoms with E-state index in [0.717, 1.165) is 48.7 Å². The number of benzene rings is 2. The second-order valence-corrected chi connectivity index (χ2v) is 7.31. The smallest absolute Gasteiger partial charge is 0.257 e. The van der Waals surface area contributed by atoms with Gasteiger partial charge in [0.05, 0.1) is 7.11 Å². The predicted molar refractivity (Wildman–Crippen MR) is 113 cm³/mol. The number of ether oxygens (including phenoxy) is 3. The molecule has 0 fully saturated rings. The second kappa shape index (κ2) is 10.2. The molecule has 0 saturated heterocycles. The SMILES string of the molecule is CC[C@@H]1CN(CCNC(=O)COc2ccc(C)cc2)Cc2cc(OC)ccc2O1. The van der Waals surface area contributed by atoms with Crippen LogP contribution in [-0.4, -0.2) is 50.3 Å². The van der Waals surface area contributed by atoms with Crippen LogP contribution in [0.5, 0.6) is 17.2 Å². The summed E-state index contributed by atoms with van der Waals surface area (Å²) in [6.07, 6.45) is 1.06. The lowest BCUT2D eigenvalue weighted by Gasteiger charge is -2.23. The third-order valence-electron chi connectivity index (χ3n) is 5.01. The van der Waals surface area contributed by atoms with Gasteiger partial charge in [0.15, 0.2) is 6.61 Å². The number of carbonyl (C=O) groups excluding carboxylic acids is 1. The maximum absolute atomic E-state index is 12.1. The molecule has 0 saturated carbocycles. The van der Waals surface area contributed by atoms with Crippen LogP contribution in [-0.2, 0) is 11.3 Å². The van der Waals surface area contributed by atoms with Crippen molar-refractivity contribution in [1.82, 2.24) is 10.2 Å². The van der Waals surface area contributed by atoms with Crippen LogP contribution >= 0.6 is 0 Å². The number of carbonyl (C=O) groups is 1. The van der Waals surface area contributed by atoms with Crippen LogP contribution in [0, 0.1) is 6.92 Å². The van der Waals surface area contributed by atoms with Crippen LogP contribution in [0.1, 0.15) is 24.5 Å².